The molecule has 1 N–H and O–H groups in total. The second-order valence-electron chi connectivity index (χ2n) is 1.54. The van der Waals surface area contributed by atoms with Crippen LogP contribution in [0.15, 0.2) is 4.99 Å². The minimum Gasteiger partial charge on any atom is -0.462 e. The maximum absolute atomic E-state index is 10.6. The highest BCUT2D eigenvalue weighted by Crippen LogP contribution is 2.03. The summed E-state index contributed by atoms with van der Waals surface area (Å²) in [5.41, 5.74) is 0. The van der Waals surface area contributed by atoms with Gasteiger partial charge in [-0.2, -0.15) is 4.99 Å². The Kier molecular flexibility index (Phi) is 1.99. The molecule has 0 aromatic rings. The third-order valence-corrected chi connectivity index (χ3v) is 2.04. The maximum atomic E-state index is 10.6. The highest BCUT2D eigenvalue weighted by molar-refractivity contribution is 8.38. The first-order valence-corrected chi connectivity index (χ1v) is 5.07. The van der Waals surface area contributed by atoms with Crippen molar-refractivity contribution < 1.29 is 13.5 Å². The summed E-state index contributed by atoms with van der Waals surface area (Å²) >= 11 is 8.74. The van der Waals surface area contributed by atoms with Crippen molar-refractivity contribution in [3.63, 3.8) is 0 Å². The summed E-state index contributed by atoms with van der Waals surface area (Å²) in [5, 5.41) is -0.340. The number of hydrogen-bond acceptors (Lipinski definition) is 4. The van der Waals surface area contributed by atoms with Crippen LogP contribution in [0.3, 0.4) is 0 Å². The highest BCUT2D eigenvalue weighted by atomic mass is 32.8. The summed E-state index contributed by atoms with van der Waals surface area (Å²) in [7, 11) is -3.46. The van der Waals surface area contributed by atoms with E-state index in [1.54, 1.807) is 0 Å². The van der Waals surface area contributed by atoms with E-state index in [2.05, 4.69) is 33.1 Å². The van der Waals surface area contributed by atoms with Crippen LogP contribution in [-0.2, 0) is 24.7 Å². The smallest absolute Gasteiger partial charge is 0.311 e. The first-order valence-electron chi connectivity index (χ1n) is 2.22. The molecule has 4 nitrogen and oxygen atoms in total. The highest BCUT2D eigenvalue weighted by Gasteiger charge is 2.20. The fourth-order valence-electron chi connectivity index (χ4n) is 0.422. The van der Waals surface area contributed by atoms with Crippen LogP contribution in [0, 0.1) is 0 Å². The van der Waals surface area contributed by atoms with Crippen LogP contribution in [0.1, 0.15) is 0 Å². The minimum atomic E-state index is -3.46. The average Bonchev–Trinajstić information content (AvgIpc) is 2.11. The normalized spacial score (nSPS) is 23.3. The van der Waals surface area contributed by atoms with Gasteiger partial charge >= 0.3 is 5.23 Å². The largest absolute Gasteiger partial charge is 0.462 e. The van der Waals surface area contributed by atoms with Crippen LogP contribution >= 0.6 is 12.2 Å². The summed E-state index contributed by atoms with van der Waals surface area (Å²) in [5.74, 6) is 0. The quantitative estimate of drug-likeness (QED) is 0.550. The van der Waals surface area contributed by atoms with Crippen LogP contribution in [-0.4, -0.2) is 25.6 Å². The molecule has 0 aromatic heterocycles. The van der Waals surface area contributed by atoms with Gasteiger partial charge < -0.3 is 4.74 Å². The van der Waals surface area contributed by atoms with E-state index in [4.69, 9.17) is 4.55 Å². The van der Waals surface area contributed by atoms with Gasteiger partial charge in [0.25, 0.3) is 0 Å². The molecule has 1 rings (SSSR count). The molecule has 10 heavy (non-hydrogen) atoms. The molecule has 0 saturated carbocycles. The summed E-state index contributed by atoms with van der Waals surface area (Å²) in [6.45, 7) is 0.0822. The Morgan fingerprint density at radius 3 is 2.60 bits per heavy atom. The van der Waals surface area contributed by atoms with Gasteiger partial charge in [-0.3, -0.25) is 4.55 Å². The van der Waals surface area contributed by atoms with E-state index in [1.165, 1.54) is 0 Å². The molecule has 1 aliphatic rings. The fraction of sp³-hybridized carbons (Fsp3) is 0.333. The number of hydrogen-bond donors (Lipinski definition) is 1. The monoisotopic (exact) mass is 197 g/mol. The van der Waals surface area contributed by atoms with Crippen LogP contribution in [0.4, 0.5) is 0 Å². The van der Waals surface area contributed by atoms with Crippen LogP contribution in [0.25, 0.3) is 0 Å². The number of thiocarbonyl (C=S) groups is 1. The average molecular weight is 197 g/mol. The Morgan fingerprint density at radius 2 is 2.40 bits per heavy atom. The summed E-state index contributed by atoms with van der Waals surface area (Å²) < 4.78 is 23.9. The van der Waals surface area contributed by atoms with Gasteiger partial charge in [-0.1, -0.05) is 12.2 Å². The number of ether oxygens (including phenoxy) is 1. The molecule has 56 valence electrons. The summed E-state index contributed by atoms with van der Waals surface area (Å²) in [6, 6.07) is 0. The Bertz CT molecular complexity index is 290. The van der Waals surface area contributed by atoms with Gasteiger partial charge in [0.15, 0.2) is 0 Å². The molecule has 0 aromatic carbocycles. The topological polar surface area (TPSA) is 58.9 Å². The van der Waals surface area contributed by atoms with Crippen molar-refractivity contribution in [2.75, 3.05) is 6.61 Å². The van der Waals surface area contributed by atoms with Gasteiger partial charge in [0.1, 0.15) is 11.6 Å². The second kappa shape index (κ2) is 2.50. The van der Waals surface area contributed by atoms with Gasteiger partial charge in [-0.25, -0.2) is 4.21 Å². The predicted octanol–water partition coefficient (Wildman–Crippen LogP) is -0.0807. The van der Waals surface area contributed by atoms with E-state index in [9.17, 15) is 4.21 Å². The first-order chi connectivity index (χ1) is 4.50. The Morgan fingerprint density at radius 1 is 1.80 bits per heavy atom. The summed E-state index contributed by atoms with van der Waals surface area (Å²) in [6.07, 6.45) is 0. The Hall–Kier alpha value is -0.110. The first kappa shape index (κ1) is 7.99. The number of rotatable bonds is 0. The molecule has 7 heteroatoms. The van der Waals surface area contributed by atoms with E-state index in [1.807, 2.05) is 0 Å². The van der Waals surface area contributed by atoms with Crippen molar-refractivity contribution >= 4 is 42.4 Å². The second-order valence-corrected chi connectivity index (χ2v) is 4.66. The molecular weight excluding hydrogens is 194 g/mol. The molecule has 1 aliphatic heterocycles. The van der Waals surface area contributed by atoms with Crippen LogP contribution in [0.2, 0.25) is 0 Å². The third-order valence-electron chi connectivity index (χ3n) is 0.756. The molecule has 0 bridgehead atoms. The lowest BCUT2D eigenvalue weighted by Gasteiger charge is -1.95. The SMILES string of the molecule is O=S(O)(=S)C1=NC(=S)CO1. The van der Waals surface area contributed by atoms with Gasteiger partial charge in [0, 0.05) is 11.2 Å². The maximum Gasteiger partial charge on any atom is 0.311 e. The predicted molar refractivity (Wildman–Crippen MR) is 44.1 cm³/mol. The fourth-order valence-corrected chi connectivity index (χ4v) is 1.31. The molecular formula is C3H3NO3S3. The molecule has 1 unspecified atom stereocenters. The molecule has 1 atom stereocenters. The zero-order valence-electron chi connectivity index (χ0n) is 4.64. The van der Waals surface area contributed by atoms with Crippen molar-refractivity contribution in [3.05, 3.63) is 0 Å². The van der Waals surface area contributed by atoms with Crippen molar-refractivity contribution in [3.8, 4) is 0 Å². The van der Waals surface area contributed by atoms with Gasteiger partial charge in [0.05, 0.1) is 0 Å². The lowest BCUT2D eigenvalue weighted by molar-refractivity contribution is 0.386. The molecule has 0 fully saturated rings. The molecule has 0 amide bonds. The lowest BCUT2D eigenvalue weighted by atomic mass is 10.7. The van der Waals surface area contributed by atoms with Gasteiger partial charge in [-0.05, 0) is 0 Å². The standard InChI is InChI=1S/C3H3NO3S3/c5-10(6,9)3-4-2(8)1-7-3/h1H2,(H,5,6,9). The number of aliphatic imine (C=N–C) groups is 1. The van der Waals surface area contributed by atoms with Gasteiger partial charge in [0.2, 0.25) is 8.77 Å². The van der Waals surface area contributed by atoms with Crippen molar-refractivity contribution in [1.82, 2.24) is 0 Å². The summed E-state index contributed by atoms with van der Waals surface area (Å²) in [4.78, 5) is 3.71. The van der Waals surface area contributed by atoms with E-state index < -0.39 is 8.77 Å². The lowest BCUT2D eigenvalue weighted by Crippen LogP contribution is -2.11. The van der Waals surface area contributed by atoms with Crippen molar-refractivity contribution in [1.29, 1.82) is 0 Å². The van der Waals surface area contributed by atoms with E-state index >= 15 is 0 Å². The molecule has 1 heterocycles. The molecule has 0 aliphatic carbocycles. The van der Waals surface area contributed by atoms with Crippen LogP contribution in [0.5, 0.6) is 0 Å². The minimum absolute atomic E-state index is 0.0822. The Balaban J connectivity index is 2.98. The van der Waals surface area contributed by atoms with Gasteiger partial charge in [-0.15, -0.1) is 0 Å². The van der Waals surface area contributed by atoms with E-state index in [0.717, 1.165) is 0 Å². The Labute approximate surface area is 67.8 Å². The van der Waals surface area contributed by atoms with Crippen molar-refractivity contribution in [2.45, 2.75) is 0 Å². The number of nitrogens with zero attached hydrogens (tertiary/aromatic N) is 1. The molecule has 0 saturated heterocycles. The zero-order valence-corrected chi connectivity index (χ0v) is 7.09. The van der Waals surface area contributed by atoms with Crippen LogP contribution < -0.4 is 0 Å². The third kappa shape index (κ3) is 1.69. The van der Waals surface area contributed by atoms with E-state index in [0.29, 0.717) is 0 Å². The zero-order chi connectivity index (χ0) is 7.78. The van der Waals surface area contributed by atoms with E-state index in [-0.39, 0.29) is 16.8 Å². The molecule has 0 spiro atoms. The molecule has 0 radical (unpaired) electrons. The van der Waals surface area contributed by atoms with Crippen molar-refractivity contribution in [2.24, 2.45) is 4.99 Å².